The van der Waals surface area contributed by atoms with Gasteiger partial charge in [-0.3, -0.25) is 0 Å². The molecule has 0 aromatic heterocycles. The molecular weight excluding hydrogens is 379 g/mol. The van der Waals surface area contributed by atoms with E-state index in [9.17, 15) is 39.5 Å². The molecule has 0 heterocycles. The normalized spacial score (nSPS) is 13.0. The van der Waals surface area contributed by atoms with E-state index in [0.29, 0.717) is 6.07 Å². The third kappa shape index (κ3) is 3.08. The first-order valence-corrected chi connectivity index (χ1v) is 6.85. The molecule has 0 radical (unpaired) electrons. The summed E-state index contributed by atoms with van der Waals surface area (Å²) in [4.78, 5) is 0. The highest BCUT2D eigenvalue weighted by atomic mass is 19.4. The Bertz CT molecular complexity index is 794. The van der Waals surface area contributed by atoms with Crippen LogP contribution in [0, 0.1) is 24.4 Å². The molecule has 0 unspecified atom stereocenters. The zero-order valence-corrected chi connectivity index (χ0v) is 12.8. The molecule has 0 saturated carbocycles. The van der Waals surface area contributed by atoms with Gasteiger partial charge in [-0.05, 0) is 24.6 Å². The second-order valence-electron chi connectivity index (χ2n) is 5.27. The van der Waals surface area contributed by atoms with E-state index < -0.39 is 52.3 Å². The summed E-state index contributed by atoms with van der Waals surface area (Å²) >= 11 is 0. The largest absolute Gasteiger partial charge is 0.461 e. The van der Waals surface area contributed by atoms with E-state index in [1.54, 1.807) is 0 Å². The first-order chi connectivity index (χ1) is 11.8. The lowest BCUT2D eigenvalue weighted by Crippen LogP contribution is -2.58. The van der Waals surface area contributed by atoms with Gasteiger partial charge in [0.15, 0.2) is 17.4 Å². The Kier molecular flexibility index (Phi) is 4.91. The Hall–Kier alpha value is -2.39. The molecule has 0 spiro atoms. The molecule has 2 aromatic rings. The molecule has 2 rings (SSSR count). The third-order valence-electron chi connectivity index (χ3n) is 3.59. The van der Waals surface area contributed by atoms with Crippen LogP contribution in [0.4, 0.5) is 39.5 Å². The minimum atomic E-state index is -6.10. The summed E-state index contributed by atoms with van der Waals surface area (Å²) in [6.45, 7) is 0.965. The number of halogens is 9. The van der Waals surface area contributed by atoms with Gasteiger partial charge in [-0.25, -0.2) is 8.78 Å². The van der Waals surface area contributed by atoms with Crippen LogP contribution in [-0.2, 0) is 5.60 Å². The van der Waals surface area contributed by atoms with Crippen molar-refractivity contribution >= 4 is 0 Å². The summed E-state index contributed by atoms with van der Waals surface area (Å²) < 4.78 is 126. The molecule has 2 aromatic carbocycles. The van der Waals surface area contributed by atoms with Gasteiger partial charge >= 0.3 is 18.0 Å². The molecule has 0 aliphatic rings. The fraction of sp³-hybridized carbons (Fsp3) is 0.250. The minimum Gasteiger partial charge on any atom is -0.461 e. The second kappa shape index (κ2) is 6.40. The highest BCUT2D eigenvalue weighted by Gasteiger charge is 2.75. The maximum absolute atomic E-state index is 13.7. The summed E-state index contributed by atoms with van der Waals surface area (Å²) in [6, 6.07) is 3.87. The van der Waals surface area contributed by atoms with Crippen molar-refractivity contribution in [3.8, 4) is 5.75 Å². The van der Waals surface area contributed by atoms with Gasteiger partial charge in [0.2, 0.25) is 5.82 Å². The van der Waals surface area contributed by atoms with Crippen molar-refractivity contribution in [2.24, 2.45) is 0 Å². The maximum atomic E-state index is 13.7. The molecular formula is C16H9F9O. The van der Waals surface area contributed by atoms with Gasteiger partial charge < -0.3 is 4.74 Å². The van der Waals surface area contributed by atoms with Crippen LogP contribution in [0.1, 0.15) is 11.1 Å². The van der Waals surface area contributed by atoms with Crippen molar-refractivity contribution in [1.29, 1.82) is 0 Å². The smallest absolute Gasteiger partial charge is 0.442 e. The average Bonchev–Trinajstić information content (AvgIpc) is 2.51. The van der Waals surface area contributed by atoms with Crippen LogP contribution in [0.5, 0.6) is 5.75 Å². The average molecular weight is 388 g/mol. The SMILES string of the molecule is Cc1ccccc1C(Oc1ccc(F)c(F)c1F)(C(F)(F)F)C(F)(F)F. The lowest BCUT2D eigenvalue weighted by Gasteiger charge is -2.38. The van der Waals surface area contributed by atoms with Crippen LogP contribution < -0.4 is 4.74 Å². The zero-order chi connectivity index (χ0) is 19.9. The lowest BCUT2D eigenvalue weighted by molar-refractivity contribution is -0.365. The van der Waals surface area contributed by atoms with Crippen LogP contribution in [0.15, 0.2) is 36.4 Å². The first kappa shape index (κ1) is 19.9. The highest BCUT2D eigenvalue weighted by Crippen LogP contribution is 2.54. The summed E-state index contributed by atoms with van der Waals surface area (Å²) in [5.41, 5.74) is -6.80. The summed E-state index contributed by atoms with van der Waals surface area (Å²) in [5, 5.41) is 0. The topological polar surface area (TPSA) is 9.23 Å². The fourth-order valence-electron chi connectivity index (χ4n) is 2.36. The molecule has 0 aliphatic carbocycles. The lowest BCUT2D eigenvalue weighted by atomic mass is 9.88. The quantitative estimate of drug-likeness (QED) is 0.476. The molecule has 0 saturated heterocycles. The summed E-state index contributed by atoms with van der Waals surface area (Å²) in [7, 11) is 0. The Labute approximate surface area is 141 Å². The fourth-order valence-corrected chi connectivity index (χ4v) is 2.36. The molecule has 10 heteroatoms. The van der Waals surface area contributed by atoms with Gasteiger partial charge in [-0.15, -0.1) is 0 Å². The number of ether oxygens (including phenoxy) is 1. The van der Waals surface area contributed by atoms with Crippen LogP contribution >= 0.6 is 0 Å². The molecule has 0 aliphatic heterocycles. The van der Waals surface area contributed by atoms with Gasteiger partial charge in [0.05, 0.1) is 0 Å². The second-order valence-corrected chi connectivity index (χ2v) is 5.27. The van der Waals surface area contributed by atoms with Crippen molar-refractivity contribution in [1.82, 2.24) is 0 Å². The molecule has 26 heavy (non-hydrogen) atoms. The monoisotopic (exact) mass is 388 g/mol. The van der Waals surface area contributed by atoms with Crippen molar-refractivity contribution in [3.05, 3.63) is 65.0 Å². The Morgan fingerprint density at radius 3 is 1.77 bits per heavy atom. The summed E-state index contributed by atoms with van der Waals surface area (Å²) in [5.74, 6) is -8.10. The number of rotatable bonds is 3. The number of hydrogen-bond donors (Lipinski definition) is 0. The van der Waals surface area contributed by atoms with Gasteiger partial charge in [-0.2, -0.15) is 30.7 Å². The molecule has 0 fully saturated rings. The van der Waals surface area contributed by atoms with Crippen LogP contribution in [0.2, 0.25) is 0 Å². The van der Waals surface area contributed by atoms with Crippen LogP contribution in [-0.4, -0.2) is 12.4 Å². The van der Waals surface area contributed by atoms with Crippen molar-refractivity contribution in [2.75, 3.05) is 0 Å². The molecule has 0 amide bonds. The van der Waals surface area contributed by atoms with Gasteiger partial charge in [0.1, 0.15) is 0 Å². The predicted molar refractivity (Wildman–Crippen MR) is 71.9 cm³/mol. The van der Waals surface area contributed by atoms with E-state index >= 15 is 0 Å². The Morgan fingerprint density at radius 1 is 0.731 bits per heavy atom. The van der Waals surface area contributed by atoms with Crippen molar-refractivity contribution in [2.45, 2.75) is 24.9 Å². The molecule has 142 valence electrons. The summed E-state index contributed by atoms with van der Waals surface area (Å²) in [6.07, 6.45) is -12.2. The molecule has 0 atom stereocenters. The standard InChI is InChI=1S/C16H9F9O/c1-8-4-2-3-5-9(8)14(15(20,21)22,16(23,24)25)26-11-7-6-10(17)12(18)13(11)19/h2-7H,1H3. The Morgan fingerprint density at radius 2 is 1.27 bits per heavy atom. The Balaban J connectivity index is 2.81. The maximum Gasteiger partial charge on any atom is 0.442 e. The van der Waals surface area contributed by atoms with Gasteiger partial charge in [-0.1, -0.05) is 24.3 Å². The van der Waals surface area contributed by atoms with Gasteiger partial charge in [0, 0.05) is 5.56 Å². The van der Waals surface area contributed by atoms with E-state index in [4.69, 9.17) is 0 Å². The van der Waals surface area contributed by atoms with Crippen LogP contribution in [0.3, 0.4) is 0 Å². The molecule has 0 N–H and O–H groups in total. The van der Waals surface area contributed by atoms with E-state index in [1.165, 1.54) is 6.07 Å². The highest BCUT2D eigenvalue weighted by molar-refractivity contribution is 5.37. The first-order valence-electron chi connectivity index (χ1n) is 6.85. The van der Waals surface area contributed by atoms with E-state index in [-0.39, 0.29) is 12.1 Å². The van der Waals surface area contributed by atoms with Crippen molar-refractivity contribution in [3.63, 3.8) is 0 Å². The van der Waals surface area contributed by atoms with E-state index in [2.05, 4.69) is 4.74 Å². The number of benzene rings is 2. The number of alkyl halides is 6. The number of aryl methyl sites for hydroxylation is 1. The molecule has 1 nitrogen and oxygen atoms in total. The van der Waals surface area contributed by atoms with Crippen molar-refractivity contribution < 1.29 is 44.3 Å². The zero-order valence-electron chi connectivity index (χ0n) is 12.8. The molecule has 0 bridgehead atoms. The van der Waals surface area contributed by atoms with E-state index in [0.717, 1.165) is 19.1 Å². The predicted octanol–water partition coefficient (Wildman–Crippen LogP) is 5.81. The van der Waals surface area contributed by atoms with Gasteiger partial charge in [0.25, 0.3) is 0 Å². The number of hydrogen-bond acceptors (Lipinski definition) is 1. The minimum absolute atomic E-state index is 0.151. The third-order valence-corrected chi connectivity index (χ3v) is 3.59. The van der Waals surface area contributed by atoms with Crippen LogP contribution in [0.25, 0.3) is 0 Å². The van der Waals surface area contributed by atoms with E-state index in [1.807, 2.05) is 0 Å².